The molecule has 3 heteroatoms. The summed E-state index contributed by atoms with van der Waals surface area (Å²) in [6, 6.07) is 36.1. The van der Waals surface area contributed by atoms with Crippen LogP contribution in [0.2, 0.25) is 0 Å². The quantitative estimate of drug-likeness (QED) is 0.286. The molecule has 1 aliphatic heterocycles. The topological polar surface area (TPSA) is 29.0 Å². The summed E-state index contributed by atoms with van der Waals surface area (Å²) in [6.45, 7) is 4.62. The molecule has 1 aliphatic rings. The van der Waals surface area contributed by atoms with Crippen LogP contribution in [0.25, 0.3) is 22.3 Å². The Kier molecular flexibility index (Phi) is 4.77. The number of fused-ring (bicyclic) bond motifs is 2. The first-order valence-electron chi connectivity index (χ1n) is 11.6. The van der Waals surface area contributed by atoms with Crippen LogP contribution in [-0.2, 0) is 5.41 Å². The summed E-state index contributed by atoms with van der Waals surface area (Å²) in [5.74, 6) is 1.80. The van der Waals surface area contributed by atoms with Crippen molar-refractivity contribution in [2.24, 2.45) is 0 Å². The minimum absolute atomic E-state index is 0.264. The summed E-state index contributed by atoms with van der Waals surface area (Å²) in [4.78, 5) is 11.8. The van der Waals surface area contributed by atoms with Gasteiger partial charge in [-0.2, -0.15) is 0 Å². The smallest absolute Gasteiger partial charge is 0.143 e. The van der Waals surface area contributed by atoms with Crippen LogP contribution >= 0.6 is 0 Å². The predicted octanol–water partition coefficient (Wildman–Crippen LogP) is 7.92. The van der Waals surface area contributed by atoms with Crippen molar-refractivity contribution in [1.29, 1.82) is 0 Å². The Labute approximate surface area is 200 Å². The molecule has 164 valence electrons. The van der Waals surface area contributed by atoms with Crippen molar-refractivity contribution in [2.45, 2.75) is 19.3 Å². The Morgan fingerprint density at radius 1 is 0.618 bits per heavy atom. The van der Waals surface area contributed by atoms with Gasteiger partial charge in [-0.1, -0.05) is 86.6 Å². The Bertz CT molecular complexity index is 1460. The molecule has 0 unspecified atom stereocenters. The summed E-state index contributed by atoms with van der Waals surface area (Å²) in [5, 5.41) is 0. The molecule has 0 bridgehead atoms. The maximum absolute atomic E-state index is 4.92. The fourth-order valence-corrected chi connectivity index (χ4v) is 5.10. The largest absolute Gasteiger partial charge is 0.278 e. The molecule has 0 aliphatic carbocycles. The lowest BCUT2D eigenvalue weighted by Crippen LogP contribution is -2.32. The normalized spacial score (nSPS) is 13.8. The van der Waals surface area contributed by atoms with Crippen molar-refractivity contribution in [1.82, 2.24) is 9.97 Å². The number of hydrogen-bond acceptors (Lipinski definition) is 3. The van der Waals surface area contributed by atoms with Crippen LogP contribution in [0.4, 0.5) is 17.3 Å². The van der Waals surface area contributed by atoms with Gasteiger partial charge in [0.2, 0.25) is 0 Å². The van der Waals surface area contributed by atoms with Crippen LogP contribution < -0.4 is 4.90 Å². The number of pyridine rings is 2. The minimum Gasteiger partial charge on any atom is -0.278 e. The van der Waals surface area contributed by atoms with Gasteiger partial charge in [0.05, 0.1) is 5.69 Å². The summed E-state index contributed by atoms with van der Waals surface area (Å²) in [5.41, 5.74) is 8.15. The van der Waals surface area contributed by atoms with E-state index in [9.17, 15) is 0 Å². The number of aromatic nitrogens is 2. The van der Waals surface area contributed by atoms with Gasteiger partial charge in [-0.25, -0.2) is 9.97 Å². The van der Waals surface area contributed by atoms with Crippen molar-refractivity contribution in [2.75, 3.05) is 4.90 Å². The predicted molar refractivity (Wildman–Crippen MR) is 140 cm³/mol. The maximum Gasteiger partial charge on any atom is 0.143 e. The van der Waals surface area contributed by atoms with Crippen molar-refractivity contribution >= 4 is 17.3 Å². The van der Waals surface area contributed by atoms with E-state index in [1.54, 1.807) is 0 Å². The summed E-state index contributed by atoms with van der Waals surface area (Å²) < 4.78 is 0. The highest BCUT2D eigenvalue weighted by molar-refractivity contribution is 5.89. The van der Waals surface area contributed by atoms with Gasteiger partial charge in [0.25, 0.3) is 0 Å². The Balaban J connectivity index is 1.66. The van der Waals surface area contributed by atoms with E-state index in [1.165, 1.54) is 33.4 Å². The Morgan fingerprint density at radius 3 is 2.03 bits per heavy atom. The monoisotopic (exact) mass is 439 g/mol. The molecular formula is C31H25N3. The third-order valence-electron chi connectivity index (χ3n) is 6.75. The van der Waals surface area contributed by atoms with E-state index >= 15 is 0 Å². The van der Waals surface area contributed by atoms with E-state index in [-0.39, 0.29) is 5.41 Å². The highest BCUT2D eigenvalue weighted by Crippen LogP contribution is 2.53. The highest BCUT2D eigenvalue weighted by atomic mass is 15.2. The molecule has 3 heterocycles. The first kappa shape index (κ1) is 20.4. The van der Waals surface area contributed by atoms with Crippen LogP contribution in [0.5, 0.6) is 0 Å². The number of anilines is 3. The fraction of sp³-hybridized carbons (Fsp3) is 0.0968. The lowest BCUT2D eigenvalue weighted by Gasteiger charge is -2.42. The average molecular weight is 440 g/mol. The number of hydrogen-bond donors (Lipinski definition) is 0. The van der Waals surface area contributed by atoms with Gasteiger partial charge in [0.15, 0.2) is 0 Å². The third-order valence-corrected chi connectivity index (χ3v) is 6.75. The zero-order valence-electron chi connectivity index (χ0n) is 19.3. The molecule has 0 amide bonds. The summed E-state index contributed by atoms with van der Waals surface area (Å²) >= 11 is 0. The number of benzene rings is 3. The molecule has 2 aromatic heterocycles. The second-order valence-corrected chi connectivity index (χ2v) is 9.17. The molecule has 0 N–H and O–H groups in total. The van der Waals surface area contributed by atoms with Crippen LogP contribution in [0.3, 0.4) is 0 Å². The zero-order valence-corrected chi connectivity index (χ0v) is 19.3. The van der Waals surface area contributed by atoms with Crippen LogP contribution in [0.15, 0.2) is 116 Å². The molecule has 3 aromatic carbocycles. The summed E-state index contributed by atoms with van der Waals surface area (Å²) in [6.07, 6.45) is 3.75. The van der Waals surface area contributed by atoms with E-state index in [4.69, 9.17) is 9.97 Å². The van der Waals surface area contributed by atoms with E-state index in [0.29, 0.717) is 0 Å². The molecular weight excluding hydrogens is 414 g/mol. The zero-order chi connectivity index (χ0) is 23.1. The number of rotatable bonds is 3. The fourth-order valence-electron chi connectivity index (χ4n) is 5.10. The van der Waals surface area contributed by atoms with Crippen LogP contribution in [0, 0.1) is 0 Å². The van der Waals surface area contributed by atoms with Crippen LogP contribution in [0.1, 0.15) is 25.0 Å². The molecule has 6 rings (SSSR count). The molecule has 5 aromatic rings. The Morgan fingerprint density at radius 2 is 1.32 bits per heavy atom. The molecule has 0 saturated heterocycles. The molecule has 0 fully saturated rings. The first-order valence-corrected chi connectivity index (χ1v) is 11.6. The standard InChI is InChI=1S/C31H25N3/c1-31(2)26-21-24(22-11-5-3-6-12-22)16-17-27(26)34(28-15-9-10-19-32-28)30-29(31)25(18-20-33-30)23-13-7-4-8-14-23/h3-21H,1-2H3. The van der Waals surface area contributed by atoms with Gasteiger partial charge in [-0.05, 0) is 58.1 Å². The maximum atomic E-state index is 4.92. The van der Waals surface area contributed by atoms with Gasteiger partial charge in [-0.3, -0.25) is 4.90 Å². The molecule has 3 nitrogen and oxygen atoms in total. The van der Waals surface area contributed by atoms with E-state index < -0.39 is 0 Å². The van der Waals surface area contributed by atoms with E-state index in [1.807, 2.05) is 30.6 Å². The Hall–Kier alpha value is -4.24. The van der Waals surface area contributed by atoms with Crippen molar-refractivity contribution in [3.05, 3.63) is 127 Å². The van der Waals surface area contributed by atoms with Gasteiger partial charge in [-0.15, -0.1) is 0 Å². The number of nitrogens with zero attached hydrogens (tertiary/aromatic N) is 3. The van der Waals surface area contributed by atoms with Crippen molar-refractivity contribution < 1.29 is 0 Å². The lowest BCUT2D eigenvalue weighted by molar-refractivity contribution is 0.629. The van der Waals surface area contributed by atoms with E-state index in [2.05, 4.69) is 104 Å². The second-order valence-electron chi connectivity index (χ2n) is 9.17. The minimum atomic E-state index is -0.264. The second kappa shape index (κ2) is 7.96. The summed E-state index contributed by atoms with van der Waals surface area (Å²) in [7, 11) is 0. The third kappa shape index (κ3) is 3.20. The van der Waals surface area contributed by atoms with Crippen molar-refractivity contribution in [3.63, 3.8) is 0 Å². The molecule has 34 heavy (non-hydrogen) atoms. The van der Waals surface area contributed by atoms with E-state index in [0.717, 1.165) is 17.3 Å². The molecule has 0 atom stereocenters. The van der Waals surface area contributed by atoms with Gasteiger partial charge in [0.1, 0.15) is 11.6 Å². The van der Waals surface area contributed by atoms with Crippen molar-refractivity contribution in [3.8, 4) is 22.3 Å². The van der Waals surface area contributed by atoms with Crippen LogP contribution in [-0.4, -0.2) is 9.97 Å². The van der Waals surface area contributed by atoms with Gasteiger partial charge < -0.3 is 0 Å². The van der Waals surface area contributed by atoms with Gasteiger partial charge >= 0.3 is 0 Å². The molecule has 0 radical (unpaired) electrons. The highest BCUT2D eigenvalue weighted by Gasteiger charge is 2.40. The lowest BCUT2D eigenvalue weighted by atomic mass is 9.71. The molecule has 0 saturated carbocycles. The average Bonchev–Trinajstić information content (AvgIpc) is 2.90. The van der Waals surface area contributed by atoms with Gasteiger partial charge in [0, 0.05) is 23.4 Å². The molecule has 0 spiro atoms. The SMILES string of the molecule is CC1(C)c2cc(-c3ccccc3)ccc2N(c2ccccn2)c2nccc(-c3ccccc3)c21. The first-order chi connectivity index (χ1) is 16.6.